The van der Waals surface area contributed by atoms with Crippen molar-refractivity contribution < 1.29 is 12.6 Å². The van der Waals surface area contributed by atoms with Crippen LogP contribution in [-0.2, 0) is 20.8 Å². The van der Waals surface area contributed by atoms with E-state index in [2.05, 4.69) is 4.40 Å². The molecule has 0 bridgehead atoms. The van der Waals surface area contributed by atoms with E-state index in [0.717, 1.165) is 11.1 Å². The van der Waals surface area contributed by atoms with Gasteiger partial charge in [-0.05, 0) is 44.2 Å². The van der Waals surface area contributed by atoms with Crippen LogP contribution in [0.2, 0.25) is 0 Å². The molecule has 0 N–H and O–H groups in total. The van der Waals surface area contributed by atoms with Crippen LogP contribution in [0.25, 0.3) is 0 Å². The minimum Gasteiger partial charge on any atom is -0.249 e. The topological polar surface area (TPSA) is 63.6 Å². The number of benzene rings is 3. The highest BCUT2D eigenvalue weighted by atomic mass is 32.2. The summed E-state index contributed by atoms with van der Waals surface area (Å²) in [5.41, 5.74) is 2.55. The fourth-order valence-electron chi connectivity index (χ4n) is 2.44. The molecule has 0 fully saturated rings. The first-order chi connectivity index (χ1) is 12.9. The van der Waals surface area contributed by atoms with Gasteiger partial charge in [0, 0.05) is 16.7 Å². The predicted molar refractivity (Wildman–Crippen MR) is 108 cm³/mol. The maximum atomic E-state index is 12.9. The Morgan fingerprint density at radius 3 is 2.00 bits per heavy atom. The summed E-state index contributed by atoms with van der Waals surface area (Å²) in [6, 6.07) is 20.9. The van der Waals surface area contributed by atoms with Crippen LogP contribution in [0.3, 0.4) is 0 Å². The lowest BCUT2D eigenvalue weighted by Gasteiger charge is -2.06. The molecule has 1 unspecified atom stereocenters. The monoisotopic (exact) mass is 397 g/mol. The van der Waals surface area contributed by atoms with Crippen molar-refractivity contribution in [3.63, 3.8) is 0 Å². The smallest absolute Gasteiger partial charge is 0.249 e. The second-order valence-corrected chi connectivity index (χ2v) is 9.22. The molecule has 0 aliphatic heterocycles. The fraction of sp³-hybridized carbons (Fsp3) is 0.0952. The van der Waals surface area contributed by atoms with Crippen LogP contribution >= 0.6 is 0 Å². The van der Waals surface area contributed by atoms with Gasteiger partial charge < -0.3 is 0 Å². The first-order valence-electron chi connectivity index (χ1n) is 8.31. The Morgan fingerprint density at radius 1 is 0.815 bits per heavy atom. The maximum Gasteiger partial charge on any atom is 0.282 e. The van der Waals surface area contributed by atoms with Gasteiger partial charge in [-0.25, -0.2) is 4.21 Å². The summed E-state index contributed by atoms with van der Waals surface area (Å²) in [4.78, 5) is 1.30. The highest BCUT2D eigenvalue weighted by Crippen LogP contribution is 2.20. The van der Waals surface area contributed by atoms with Crippen molar-refractivity contribution in [2.24, 2.45) is 4.40 Å². The van der Waals surface area contributed by atoms with Crippen molar-refractivity contribution in [1.82, 2.24) is 0 Å². The third-order valence-corrected chi connectivity index (χ3v) is 6.73. The van der Waals surface area contributed by atoms with Crippen LogP contribution in [0.5, 0.6) is 0 Å². The Bertz CT molecular complexity index is 1100. The quantitative estimate of drug-likeness (QED) is 0.604. The summed E-state index contributed by atoms with van der Waals surface area (Å²) >= 11 is 0. The van der Waals surface area contributed by atoms with Crippen LogP contribution in [0, 0.1) is 13.8 Å². The zero-order valence-corrected chi connectivity index (χ0v) is 16.6. The second kappa shape index (κ2) is 7.98. The van der Waals surface area contributed by atoms with Gasteiger partial charge in [-0.1, -0.05) is 53.6 Å². The lowest BCUT2D eigenvalue weighted by molar-refractivity contribution is 0.598. The number of hydrogen-bond acceptors (Lipinski definition) is 3. The number of hydrogen-bond donors (Lipinski definition) is 0. The lowest BCUT2D eigenvalue weighted by Crippen LogP contribution is -2.01. The van der Waals surface area contributed by atoms with E-state index in [1.54, 1.807) is 36.4 Å². The number of sulfonamides is 1. The molecule has 0 radical (unpaired) electrons. The lowest BCUT2D eigenvalue weighted by atomic mass is 10.2. The van der Waals surface area contributed by atoms with Gasteiger partial charge in [0.1, 0.15) is 0 Å². The maximum absolute atomic E-state index is 12.9. The molecule has 0 amide bonds. The Kier molecular flexibility index (Phi) is 5.68. The molecule has 0 aliphatic rings. The van der Waals surface area contributed by atoms with E-state index in [-0.39, 0.29) is 4.90 Å². The highest BCUT2D eigenvalue weighted by Gasteiger charge is 2.14. The minimum atomic E-state index is -3.82. The Labute approximate surface area is 162 Å². The van der Waals surface area contributed by atoms with E-state index in [0.29, 0.717) is 15.4 Å². The second-order valence-electron chi connectivity index (χ2n) is 6.14. The van der Waals surface area contributed by atoms with Crippen molar-refractivity contribution in [1.29, 1.82) is 0 Å². The number of rotatable bonds is 5. The number of nitrogens with zero attached hydrogens (tertiary/aromatic N) is 1. The van der Waals surface area contributed by atoms with Crippen molar-refractivity contribution >= 4 is 27.0 Å². The summed E-state index contributed by atoms with van der Waals surface area (Å²) in [6.45, 7) is 3.85. The van der Waals surface area contributed by atoms with Crippen LogP contribution in [0.15, 0.2) is 91.9 Å². The molecule has 0 spiro atoms. The first-order valence-corrected chi connectivity index (χ1v) is 10.9. The van der Waals surface area contributed by atoms with Gasteiger partial charge in [0.25, 0.3) is 10.0 Å². The predicted octanol–water partition coefficient (Wildman–Crippen LogP) is 4.28. The zero-order valence-electron chi connectivity index (χ0n) is 15.0. The summed E-state index contributed by atoms with van der Waals surface area (Å²) in [7, 11) is -5.25. The van der Waals surface area contributed by atoms with Gasteiger partial charge in [-0.2, -0.15) is 12.8 Å². The fourth-order valence-corrected chi connectivity index (χ4v) is 4.47. The van der Waals surface area contributed by atoms with Crippen LogP contribution < -0.4 is 0 Å². The van der Waals surface area contributed by atoms with Crippen molar-refractivity contribution in [2.75, 3.05) is 0 Å². The standard InChI is InChI=1S/C21H19NO3S2/c1-16-7-11-19(12-8-16)26(23)21-6-4-3-5-18(21)15-22-27(24,25)20-13-9-17(2)10-14-20/h3-15H,1-2H3/b22-15+. The van der Waals surface area contributed by atoms with Gasteiger partial charge >= 0.3 is 0 Å². The molecule has 0 aliphatic carbocycles. The van der Waals surface area contributed by atoms with Gasteiger partial charge in [0.05, 0.1) is 20.6 Å². The SMILES string of the molecule is Cc1ccc(S(=O)c2ccccc2/C=N/S(=O)(=O)c2ccc(C)cc2)cc1. The molecule has 138 valence electrons. The average Bonchev–Trinajstić information content (AvgIpc) is 2.67. The van der Waals surface area contributed by atoms with E-state index in [9.17, 15) is 12.6 Å². The summed E-state index contributed by atoms with van der Waals surface area (Å²) in [6.07, 6.45) is 1.26. The van der Waals surface area contributed by atoms with Gasteiger partial charge in [-0.15, -0.1) is 0 Å². The minimum absolute atomic E-state index is 0.126. The normalized spacial score (nSPS) is 13.0. The van der Waals surface area contributed by atoms with Crippen molar-refractivity contribution in [2.45, 2.75) is 28.5 Å². The van der Waals surface area contributed by atoms with Crippen molar-refractivity contribution in [3.8, 4) is 0 Å². The third kappa shape index (κ3) is 4.59. The van der Waals surface area contributed by atoms with Crippen LogP contribution in [0.4, 0.5) is 0 Å². The van der Waals surface area contributed by atoms with Crippen LogP contribution in [0.1, 0.15) is 16.7 Å². The Hall–Kier alpha value is -2.57. The third-order valence-electron chi connectivity index (χ3n) is 4.00. The van der Waals surface area contributed by atoms with E-state index < -0.39 is 20.8 Å². The van der Waals surface area contributed by atoms with Gasteiger partial charge in [0.2, 0.25) is 0 Å². The molecule has 3 aromatic carbocycles. The molecule has 0 saturated carbocycles. The van der Waals surface area contributed by atoms with E-state index in [1.807, 2.05) is 38.1 Å². The highest BCUT2D eigenvalue weighted by molar-refractivity contribution is 7.90. The van der Waals surface area contributed by atoms with Crippen molar-refractivity contribution in [3.05, 3.63) is 89.5 Å². The van der Waals surface area contributed by atoms with Crippen LogP contribution in [-0.4, -0.2) is 18.8 Å². The Morgan fingerprint density at radius 2 is 1.37 bits per heavy atom. The Balaban J connectivity index is 1.94. The molecular weight excluding hydrogens is 378 g/mol. The number of aryl methyl sites for hydroxylation is 2. The molecule has 0 saturated heterocycles. The van der Waals surface area contributed by atoms with E-state index >= 15 is 0 Å². The average molecular weight is 398 g/mol. The molecule has 3 aromatic rings. The molecule has 3 rings (SSSR count). The summed E-state index contributed by atoms with van der Waals surface area (Å²) in [5, 5.41) is 0. The van der Waals surface area contributed by atoms with Gasteiger partial charge in [0.15, 0.2) is 0 Å². The zero-order chi connectivity index (χ0) is 19.4. The van der Waals surface area contributed by atoms with E-state index in [1.165, 1.54) is 18.3 Å². The largest absolute Gasteiger partial charge is 0.282 e. The molecule has 0 aromatic heterocycles. The summed E-state index contributed by atoms with van der Waals surface area (Å²) in [5.74, 6) is 0. The molecule has 1 atom stereocenters. The van der Waals surface area contributed by atoms with E-state index in [4.69, 9.17) is 0 Å². The molecular formula is C21H19NO3S2. The molecule has 27 heavy (non-hydrogen) atoms. The summed E-state index contributed by atoms with van der Waals surface area (Å²) < 4.78 is 41.6. The molecule has 4 nitrogen and oxygen atoms in total. The molecule has 0 heterocycles. The van der Waals surface area contributed by atoms with Gasteiger partial charge in [-0.3, -0.25) is 0 Å². The molecule has 6 heteroatoms. The first kappa shape index (κ1) is 19.2.